The van der Waals surface area contributed by atoms with Crippen LogP contribution in [0.3, 0.4) is 0 Å². The Hall–Kier alpha value is -1.56. The van der Waals surface area contributed by atoms with E-state index in [1.807, 2.05) is 0 Å². The second-order valence-electron chi connectivity index (χ2n) is 2.87. The van der Waals surface area contributed by atoms with Crippen LogP contribution >= 0.6 is 15.9 Å². The molecule has 3 amide bonds. The monoisotopic (exact) mass is 286 g/mol. The Morgan fingerprint density at radius 1 is 1.31 bits per heavy atom. The van der Waals surface area contributed by atoms with E-state index in [2.05, 4.69) is 26.6 Å². The number of nitrogens with one attached hydrogen (secondary N) is 2. The molecule has 1 rings (SSSR count). The van der Waals surface area contributed by atoms with Crippen molar-refractivity contribution in [3.63, 3.8) is 0 Å². The Kier molecular flexibility index (Phi) is 4.78. The Bertz CT molecular complexity index is 378. The van der Waals surface area contributed by atoms with Crippen LogP contribution in [0.5, 0.6) is 5.75 Å². The third-order valence-corrected chi connectivity index (χ3v) is 2.19. The Morgan fingerprint density at radius 3 is 2.50 bits per heavy atom. The summed E-state index contributed by atoms with van der Waals surface area (Å²) < 4.78 is 6.08. The number of urea groups is 1. The first-order valence-electron chi connectivity index (χ1n) is 4.51. The third-order valence-electron chi connectivity index (χ3n) is 1.66. The van der Waals surface area contributed by atoms with Gasteiger partial charge in [0.25, 0.3) is 5.91 Å². The maximum Gasteiger partial charge on any atom is 0.321 e. The van der Waals surface area contributed by atoms with E-state index in [9.17, 15) is 9.59 Å². The molecule has 0 heterocycles. The molecule has 0 fully saturated rings. The van der Waals surface area contributed by atoms with Gasteiger partial charge in [0, 0.05) is 11.5 Å². The topological polar surface area (TPSA) is 67.4 Å². The summed E-state index contributed by atoms with van der Waals surface area (Å²) in [6, 6.07) is 6.48. The largest absolute Gasteiger partial charge is 0.484 e. The number of hydrogen-bond donors (Lipinski definition) is 2. The fourth-order valence-electron chi connectivity index (χ4n) is 0.905. The lowest BCUT2D eigenvalue weighted by atomic mass is 10.3. The molecule has 16 heavy (non-hydrogen) atoms. The second-order valence-corrected chi connectivity index (χ2v) is 3.79. The molecule has 0 aliphatic heterocycles. The van der Waals surface area contributed by atoms with Crippen LogP contribution in [0.25, 0.3) is 0 Å². The predicted octanol–water partition coefficient (Wildman–Crippen LogP) is 1.28. The molecule has 0 spiro atoms. The van der Waals surface area contributed by atoms with E-state index in [0.717, 1.165) is 4.47 Å². The molecule has 0 aromatic heterocycles. The van der Waals surface area contributed by atoms with Crippen LogP contribution in [0.4, 0.5) is 4.79 Å². The Labute approximate surface area is 101 Å². The first-order chi connectivity index (χ1) is 7.61. The number of ether oxygens (including phenoxy) is 1. The highest BCUT2D eigenvalue weighted by Crippen LogP contribution is 2.15. The summed E-state index contributed by atoms with van der Waals surface area (Å²) in [5.74, 6) is 0.0672. The lowest BCUT2D eigenvalue weighted by molar-refractivity contribution is -0.122. The minimum Gasteiger partial charge on any atom is -0.484 e. The summed E-state index contributed by atoms with van der Waals surface area (Å²) in [6.45, 7) is -0.199. The van der Waals surface area contributed by atoms with Gasteiger partial charge in [0.2, 0.25) is 0 Å². The van der Waals surface area contributed by atoms with E-state index in [1.165, 1.54) is 7.05 Å². The normalized spacial score (nSPS) is 9.38. The molecule has 5 nitrogen and oxygen atoms in total. The van der Waals surface area contributed by atoms with Gasteiger partial charge in [-0.2, -0.15) is 0 Å². The van der Waals surface area contributed by atoms with Crippen LogP contribution in [0.1, 0.15) is 0 Å². The van der Waals surface area contributed by atoms with E-state index in [-0.39, 0.29) is 6.61 Å². The molecular weight excluding hydrogens is 276 g/mol. The molecule has 0 saturated carbocycles. The fourth-order valence-corrected chi connectivity index (χ4v) is 1.17. The van der Waals surface area contributed by atoms with Crippen molar-refractivity contribution in [2.24, 2.45) is 0 Å². The highest BCUT2D eigenvalue weighted by molar-refractivity contribution is 9.10. The van der Waals surface area contributed by atoms with Crippen LogP contribution in [-0.4, -0.2) is 25.6 Å². The van der Waals surface area contributed by atoms with Crippen molar-refractivity contribution >= 4 is 27.9 Å². The van der Waals surface area contributed by atoms with Crippen molar-refractivity contribution in [3.05, 3.63) is 28.7 Å². The van der Waals surface area contributed by atoms with Crippen LogP contribution in [-0.2, 0) is 4.79 Å². The van der Waals surface area contributed by atoms with Gasteiger partial charge in [0.15, 0.2) is 6.61 Å². The molecule has 0 unspecified atom stereocenters. The van der Waals surface area contributed by atoms with E-state index >= 15 is 0 Å². The molecule has 0 bridgehead atoms. The van der Waals surface area contributed by atoms with Gasteiger partial charge < -0.3 is 10.1 Å². The zero-order valence-corrected chi connectivity index (χ0v) is 10.2. The van der Waals surface area contributed by atoms with Crippen LogP contribution < -0.4 is 15.4 Å². The zero-order chi connectivity index (χ0) is 12.0. The van der Waals surface area contributed by atoms with Gasteiger partial charge in [-0.1, -0.05) is 15.9 Å². The molecule has 6 heteroatoms. The summed E-state index contributed by atoms with van der Waals surface area (Å²) in [4.78, 5) is 21.9. The average molecular weight is 287 g/mol. The van der Waals surface area contributed by atoms with Crippen LogP contribution in [0, 0.1) is 0 Å². The molecule has 1 aromatic carbocycles. The SMILES string of the molecule is CNC(=O)NC(=O)COc1ccc(Br)cc1. The first-order valence-corrected chi connectivity index (χ1v) is 5.31. The van der Waals surface area contributed by atoms with E-state index in [0.29, 0.717) is 5.75 Å². The third kappa shape index (κ3) is 4.31. The molecule has 1 aromatic rings. The van der Waals surface area contributed by atoms with Gasteiger partial charge in [-0.05, 0) is 24.3 Å². The highest BCUT2D eigenvalue weighted by atomic mass is 79.9. The average Bonchev–Trinajstić information content (AvgIpc) is 2.28. The number of carbonyl (C=O) groups is 2. The minimum absolute atomic E-state index is 0.199. The van der Waals surface area contributed by atoms with Crippen molar-refractivity contribution in [3.8, 4) is 5.75 Å². The van der Waals surface area contributed by atoms with Crippen molar-refractivity contribution in [1.82, 2.24) is 10.6 Å². The molecule has 2 N–H and O–H groups in total. The van der Waals surface area contributed by atoms with Crippen LogP contribution in [0.15, 0.2) is 28.7 Å². The zero-order valence-electron chi connectivity index (χ0n) is 8.62. The lowest BCUT2D eigenvalue weighted by Crippen LogP contribution is -2.39. The Morgan fingerprint density at radius 2 is 1.94 bits per heavy atom. The molecule has 0 aliphatic rings. The highest BCUT2D eigenvalue weighted by Gasteiger charge is 2.06. The summed E-state index contributed by atoms with van der Waals surface area (Å²) in [5.41, 5.74) is 0. The standard InChI is InChI=1S/C10H11BrN2O3/c1-12-10(15)13-9(14)6-16-8-4-2-7(11)3-5-8/h2-5H,6H2,1H3,(H2,12,13,14,15). The predicted molar refractivity (Wildman–Crippen MR) is 62.2 cm³/mol. The molecule has 0 saturated heterocycles. The number of benzene rings is 1. The van der Waals surface area contributed by atoms with Crippen molar-refractivity contribution < 1.29 is 14.3 Å². The van der Waals surface area contributed by atoms with Gasteiger partial charge in [-0.25, -0.2) is 4.79 Å². The maximum atomic E-state index is 11.1. The smallest absolute Gasteiger partial charge is 0.321 e. The van der Waals surface area contributed by atoms with E-state index in [1.54, 1.807) is 24.3 Å². The lowest BCUT2D eigenvalue weighted by Gasteiger charge is -2.06. The number of rotatable bonds is 3. The fraction of sp³-hybridized carbons (Fsp3) is 0.200. The second kappa shape index (κ2) is 6.12. The number of amides is 3. The van der Waals surface area contributed by atoms with Crippen molar-refractivity contribution in [2.45, 2.75) is 0 Å². The van der Waals surface area contributed by atoms with Crippen LogP contribution in [0.2, 0.25) is 0 Å². The summed E-state index contributed by atoms with van der Waals surface area (Å²) in [5, 5.41) is 4.36. The number of halogens is 1. The number of hydrogen-bond acceptors (Lipinski definition) is 3. The van der Waals surface area contributed by atoms with Crippen molar-refractivity contribution in [1.29, 1.82) is 0 Å². The molecule has 86 valence electrons. The van der Waals surface area contributed by atoms with E-state index in [4.69, 9.17) is 4.74 Å². The Balaban J connectivity index is 2.37. The quantitative estimate of drug-likeness (QED) is 0.880. The first kappa shape index (κ1) is 12.5. The molecular formula is C10H11BrN2O3. The number of carbonyl (C=O) groups excluding carboxylic acids is 2. The molecule has 0 atom stereocenters. The summed E-state index contributed by atoms with van der Waals surface area (Å²) in [7, 11) is 1.43. The maximum absolute atomic E-state index is 11.1. The minimum atomic E-state index is -0.551. The van der Waals surface area contributed by atoms with Gasteiger partial charge in [0.05, 0.1) is 0 Å². The van der Waals surface area contributed by atoms with Crippen molar-refractivity contribution in [2.75, 3.05) is 13.7 Å². The summed E-state index contributed by atoms with van der Waals surface area (Å²) in [6.07, 6.45) is 0. The van der Waals surface area contributed by atoms with Gasteiger partial charge >= 0.3 is 6.03 Å². The summed E-state index contributed by atoms with van der Waals surface area (Å²) >= 11 is 3.28. The van der Waals surface area contributed by atoms with E-state index < -0.39 is 11.9 Å². The number of imide groups is 1. The van der Waals surface area contributed by atoms with Gasteiger partial charge in [-0.15, -0.1) is 0 Å². The van der Waals surface area contributed by atoms with Gasteiger partial charge in [0.1, 0.15) is 5.75 Å². The molecule has 0 aliphatic carbocycles. The van der Waals surface area contributed by atoms with Gasteiger partial charge in [-0.3, -0.25) is 10.1 Å². The molecule has 0 radical (unpaired) electrons.